The molecule has 0 amide bonds. The van der Waals surface area contributed by atoms with E-state index in [1.54, 1.807) is 33.8 Å². The molecule has 16 heteroatoms. The molecular weight excluding hydrogens is 576 g/mol. The summed E-state index contributed by atoms with van der Waals surface area (Å²) in [5.41, 5.74) is 0.349. The summed E-state index contributed by atoms with van der Waals surface area (Å²) in [6.45, 7) is 6.95. The molecule has 0 bridgehead atoms. The maximum atomic E-state index is 11.7. The first kappa shape index (κ1) is 36.1. The minimum atomic E-state index is -4.57. The molecule has 2 rings (SSSR count). The van der Waals surface area contributed by atoms with E-state index in [2.05, 4.69) is 4.18 Å². The lowest BCUT2D eigenvalue weighted by Gasteiger charge is -2.12. The first-order valence-corrected chi connectivity index (χ1v) is 15.0. The van der Waals surface area contributed by atoms with Gasteiger partial charge in [-0.15, -0.1) is 0 Å². The standard InChI is InChI=1S/C12H17NO4S.C10H13NO7S2.CH4/c1-9-5-6-10(8-13(14)12(2,3)4)11(7-9)18(15,16)17;1-11(12)6-9-4-3-8(7-19(13,14)15)5-10(9)20(16,17)18-2;/h5-8H,1-4H3,(H-,14,15,16,17);3-6H,7H2,1-2H3,(H,13,14,15);1H4. The van der Waals surface area contributed by atoms with E-state index in [4.69, 9.17) is 4.55 Å². The van der Waals surface area contributed by atoms with Crippen molar-refractivity contribution in [3.63, 3.8) is 0 Å². The van der Waals surface area contributed by atoms with Crippen molar-refractivity contribution in [3.05, 3.63) is 63.9 Å². The molecule has 0 saturated heterocycles. The van der Waals surface area contributed by atoms with Gasteiger partial charge in [-0.2, -0.15) is 16.8 Å². The summed E-state index contributed by atoms with van der Waals surface area (Å²) in [5.74, 6) is -0.743. The van der Waals surface area contributed by atoms with Crippen molar-refractivity contribution in [2.24, 2.45) is 0 Å². The van der Waals surface area contributed by atoms with Crippen molar-refractivity contribution in [2.45, 2.75) is 56.2 Å². The van der Waals surface area contributed by atoms with E-state index in [1.165, 1.54) is 30.5 Å². The van der Waals surface area contributed by atoms with E-state index in [0.29, 0.717) is 10.3 Å². The van der Waals surface area contributed by atoms with Gasteiger partial charge in [-0.1, -0.05) is 19.6 Å². The van der Waals surface area contributed by atoms with E-state index >= 15 is 0 Å². The van der Waals surface area contributed by atoms with Gasteiger partial charge in [0, 0.05) is 20.8 Å². The van der Waals surface area contributed by atoms with Crippen LogP contribution in [0.15, 0.2) is 46.2 Å². The molecule has 39 heavy (non-hydrogen) atoms. The van der Waals surface area contributed by atoms with E-state index in [1.807, 2.05) is 0 Å². The molecule has 2 N–H and O–H groups in total. The van der Waals surface area contributed by atoms with Crippen LogP contribution in [0.5, 0.6) is 0 Å². The Labute approximate surface area is 229 Å². The van der Waals surface area contributed by atoms with Crippen LogP contribution in [0.3, 0.4) is 0 Å². The van der Waals surface area contributed by atoms with Crippen molar-refractivity contribution >= 4 is 42.8 Å². The maximum Gasteiger partial charge on any atom is 0.297 e. The molecule has 0 saturated carbocycles. The Kier molecular flexibility index (Phi) is 12.5. The van der Waals surface area contributed by atoms with Gasteiger partial charge in [-0.05, 0) is 47.1 Å². The number of hydrogen-bond donors (Lipinski definition) is 2. The maximum absolute atomic E-state index is 11.7. The van der Waals surface area contributed by atoms with Crippen molar-refractivity contribution in [2.75, 3.05) is 14.2 Å². The van der Waals surface area contributed by atoms with Crippen LogP contribution < -0.4 is 0 Å². The van der Waals surface area contributed by atoms with Crippen LogP contribution >= 0.6 is 0 Å². The third kappa shape index (κ3) is 11.8. The van der Waals surface area contributed by atoms with E-state index in [-0.39, 0.29) is 33.9 Å². The highest BCUT2D eigenvalue weighted by atomic mass is 32.2. The third-order valence-electron chi connectivity index (χ3n) is 4.62. The van der Waals surface area contributed by atoms with Crippen molar-refractivity contribution in [1.29, 1.82) is 0 Å². The fraction of sp³-hybridized carbons (Fsp3) is 0.391. The third-order valence-corrected chi connectivity index (χ3v) is 7.55. The molecule has 2 aromatic rings. The van der Waals surface area contributed by atoms with Gasteiger partial charge in [0.1, 0.15) is 27.8 Å². The van der Waals surface area contributed by atoms with E-state index in [9.17, 15) is 40.2 Å². The van der Waals surface area contributed by atoms with Crippen LogP contribution in [0.25, 0.3) is 0 Å². The van der Waals surface area contributed by atoms with Gasteiger partial charge in [0.25, 0.3) is 20.2 Å². The number of benzene rings is 2. The topological polar surface area (TPSA) is 204 Å². The summed E-state index contributed by atoms with van der Waals surface area (Å²) in [7, 11) is -10.9. The molecule has 2 aromatic carbocycles. The largest absolute Gasteiger partial charge is 0.744 e. The van der Waals surface area contributed by atoms with Gasteiger partial charge in [0.2, 0.25) is 11.8 Å². The number of aryl methyl sites for hydroxylation is 1. The molecule has 0 aliphatic heterocycles. The summed E-state index contributed by atoms with van der Waals surface area (Å²) in [4.78, 5) is -0.686. The quantitative estimate of drug-likeness (QED) is 0.0883. The second kappa shape index (κ2) is 13.5. The Morgan fingerprint density at radius 2 is 1.46 bits per heavy atom. The first-order chi connectivity index (χ1) is 17.1. The molecule has 13 nitrogen and oxygen atoms in total. The summed E-state index contributed by atoms with van der Waals surface area (Å²) >= 11 is 0. The summed E-state index contributed by atoms with van der Waals surface area (Å²) in [5, 5.41) is 20.8. The number of hydrogen-bond acceptors (Lipinski definition) is 10. The van der Waals surface area contributed by atoms with Gasteiger partial charge >= 0.3 is 0 Å². The lowest BCUT2D eigenvalue weighted by atomic mass is 10.1. The fourth-order valence-electron chi connectivity index (χ4n) is 2.78. The van der Waals surface area contributed by atoms with E-state index in [0.717, 1.165) is 31.2 Å². The zero-order valence-corrected chi connectivity index (χ0v) is 24.0. The molecule has 0 radical (unpaired) electrons. The molecule has 0 aliphatic rings. The SMILES string of the molecule is C.COS(=O)(=O)c1cc(CS(=O)(=O)O)ccc1C=[N+](C)[O-].Cc1ccc(C=[N+](O)C(C)(C)C)c(S(=O)(=O)[O-])c1. The van der Waals surface area contributed by atoms with Crippen molar-refractivity contribution in [1.82, 2.24) is 0 Å². The molecule has 0 aliphatic carbocycles. The smallest absolute Gasteiger partial charge is 0.297 e. The Morgan fingerprint density at radius 3 is 1.90 bits per heavy atom. The fourth-order valence-corrected chi connectivity index (χ4v) is 5.00. The van der Waals surface area contributed by atoms with Crippen molar-refractivity contribution < 1.29 is 53.2 Å². The molecule has 0 fully saturated rings. The minimum Gasteiger partial charge on any atom is -0.744 e. The summed E-state index contributed by atoms with van der Waals surface area (Å²) < 4.78 is 93.0. The van der Waals surface area contributed by atoms with Crippen LogP contribution in [0.2, 0.25) is 0 Å². The second-order valence-electron chi connectivity index (χ2n) is 9.03. The van der Waals surface area contributed by atoms with Gasteiger partial charge in [0.15, 0.2) is 6.21 Å². The van der Waals surface area contributed by atoms with Crippen LogP contribution in [-0.2, 0) is 40.3 Å². The molecule has 220 valence electrons. The molecule has 0 spiro atoms. The molecule has 0 aromatic heterocycles. The molecule has 0 unspecified atom stereocenters. The van der Waals surface area contributed by atoms with Crippen LogP contribution in [-0.4, -0.2) is 81.2 Å². The summed E-state index contributed by atoms with van der Waals surface area (Å²) in [6, 6.07) is 8.04. The summed E-state index contributed by atoms with van der Waals surface area (Å²) in [6.07, 6.45) is 2.24. The molecular formula is C23H34N2O11S3. The minimum absolute atomic E-state index is 0. The van der Waals surface area contributed by atoms with E-state index < -0.39 is 41.6 Å². The van der Waals surface area contributed by atoms with Crippen LogP contribution in [0.1, 0.15) is 50.5 Å². The number of hydroxylamine groups is 2. The first-order valence-electron chi connectivity index (χ1n) is 10.6. The Hall–Kier alpha value is -2.89. The van der Waals surface area contributed by atoms with Gasteiger partial charge in [-0.3, -0.25) is 13.9 Å². The number of nitrogens with zero attached hydrogens (tertiary/aromatic N) is 2. The van der Waals surface area contributed by atoms with Gasteiger partial charge in [-0.25, -0.2) is 13.2 Å². The lowest BCUT2D eigenvalue weighted by Crippen LogP contribution is -2.31. The zero-order chi connectivity index (χ0) is 29.7. The zero-order valence-electron chi connectivity index (χ0n) is 21.5. The Bertz CT molecular complexity index is 1550. The molecule has 0 heterocycles. The average molecular weight is 611 g/mol. The van der Waals surface area contributed by atoms with Crippen LogP contribution in [0.4, 0.5) is 0 Å². The highest BCUT2D eigenvalue weighted by Gasteiger charge is 2.25. The van der Waals surface area contributed by atoms with Crippen LogP contribution in [0, 0.1) is 12.1 Å². The predicted octanol–water partition coefficient (Wildman–Crippen LogP) is 2.12. The van der Waals surface area contributed by atoms with Gasteiger partial charge < -0.3 is 9.76 Å². The second-order valence-corrected chi connectivity index (χ2v) is 13.5. The highest BCUT2D eigenvalue weighted by molar-refractivity contribution is 7.87. The molecule has 0 atom stereocenters. The lowest BCUT2D eigenvalue weighted by molar-refractivity contribution is -0.816. The Balaban J connectivity index is 0.000000726. The Morgan fingerprint density at radius 1 is 0.949 bits per heavy atom. The normalized spacial score (nSPS) is 13.2. The van der Waals surface area contributed by atoms with Gasteiger partial charge in [0.05, 0.1) is 23.1 Å². The monoisotopic (exact) mass is 610 g/mol. The predicted molar refractivity (Wildman–Crippen MR) is 143 cm³/mol. The average Bonchev–Trinajstić information content (AvgIpc) is 2.73. The highest BCUT2D eigenvalue weighted by Crippen LogP contribution is 2.20. The number of rotatable bonds is 7. The van der Waals surface area contributed by atoms with Crippen molar-refractivity contribution in [3.8, 4) is 0 Å².